The topological polar surface area (TPSA) is 66.4 Å². The second-order valence-electron chi connectivity index (χ2n) is 5.68. The van der Waals surface area contributed by atoms with E-state index in [0.717, 1.165) is 18.8 Å². The number of hydrogen-bond acceptors (Lipinski definition) is 3. The summed E-state index contributed by atoms with van der Waals surface area (Å²) >= 11 is 0. The maximum Gasteiger partial charge on any atom is 0.320 e. The van der Waals surface area contributed by atoms with Crippen LogP contribution in [0, 0.1) is 5.92 Å². The van der Waals surface area contributed by atoms with Gasteiger partial charge in [0.05, 0.1) is 6.04 Å². The van der Waals surface area contributed by atoms with Crippen molar-refractivity contribution in [2.24, 2.45) is 5.92 Å². The molecule has 0 aromatic rings. The van der Waals surface area contributed by atoms with Gasteiger partial charge in [0.2, 0.25) is 0 Å². The molecule has 1 saturated carbocycles. The zero-order chi connectivity index (χ0) is 14.3. The summed E-state index contributed by atoms with van der Waals surface area (Å²) in [4.78, 5) is 22.8. The molecule has 2 atom stereocenters. The summed E-state index contributed by atoms with van der Waals surface area (Å²) in [6, 6.07) is -0.954. The van der Waals surface area contributed by atoms with Crippen LogP contribution in [-0.4, -0.2) is 28.9 Å². The first-order chi connectivity index (χ1) is 9.04. The van der Waals surface area contributed by atoms with Crippen molar-refractivity contribution >= 4 is 11.8 Å². The number of carboxylic acid groups (broad SMARTS) is 1. The largest absolute Gasteiger partial charge is 0.480 e. The number of aliphatic carboxylic acids is 1. The van der Waals surface area contributed by atoms with Gasteiger partial charge in [0, 0.05) is 6.42 Å². The highest BCUT2D eigenvalue weighted by Crippen LogP contribution is 2.27. The van der Waals surface area contributed by atoms with Crippen LogP contribution in [0.25, 0.3) is 0 Å². The van der Waals surface area contributed by atoms with Crippen LogP contribution in [0.15, 0.2) is 0 Å². The fraction of sp³-hybridized carbons (Fsp3) is 0.867. The molecule has 0 radical (unpaired) electrons. The van der Waals surface area contributed by atoms with E-state index < -0.39 is 12.0 Å². The van der Waals surface area contributed by atoms with Gasteiger partial charge in [-0.2, -0.15) is 0 Å². The molecule has 1 aliphatic carbocycles. The number of ketones is 1. The molecule has 0 spiro atoms. The molecular weight excluding hydrogens is 242 g/mol. The van der Waals surface area contributed by atoms with Gasteiger partial charge in [-0.15, -0.1) is 0 Å². The van der Waals surface area contributed by atoms with E-state index in [2.05, 4.69) is 5.32 Å². The molecule has 110 valence electrons. The SMILES string of the molecule is CCC(=O)C(CCC1CCCCC1)NC(C)C(=O)O. The van der Waals surface area contributed by atoms with Gasteiger partial charge in [0.15, 0.2) is 0 Å². The molecule has 0 saturated heterocycles. The fourth-order valence-corrected chi connectivity index (χ4v) is 2.83. The number of carbonyl (C=O) groups excluding carboxylic acids is 1. The van der Waals surface area contributed by atoms with Gasteiger partial charge in [-0.3, -0.25) is 14.9 Å². The summed E-state index contributed by atoms with van der Waals surface area (Å²) in [6.07, 6.45) is 8.75. The van der Waals surface area contributed by atoms with Crippen molar-refractivity contribution in [1.29, 1.82) is 0 Å². The zero-order valence-electron chi connectivity index (χ0n) is 12.2. The average Bonchev–Trinajstić information content (AvgIpc) is 2.43. The molecule has 0 aromatic heterocycles. The first-order valence-electron chi connectivity index (χ1n) is 7.56. The van der Waals surface area contributed by atoms with E-state index in [1.165, 1.54) is 32.1 Å². The molecule has 2 unspecified atom stereocenters. The summed E-state index contributed by atoms with van der Waals surface area (Å²) in [5.41, 5.74) is 0. The molecule has 19 heavy (non-hydrogen) atoms. The Labute approximate surface area is 116 Å². The van der Waals surface area contributed by atoms with Gasteiger partial charge < -0.3 is 5.11 Å². The van der Waals surface area contributed by atoms with Crippen molar-refractivity contribution in [2.45, 2.75) is 77.3 Å². The van der Waals surface area contributed by atoms with E-state index in [4.69, 9.17) is 5.11 Å². The minimum Gasteiger partial charge on any atom is -0.480 e. The Kier molecular flexibility index (Phi) is 7.06. The van der Waals surface area contributed by atoms with Crippen LogP contribution in [-0.2, 0) is 9.59 Å². The quantitative estimate of drug-likeness (QED) is 0.711. The summed E-state index contributed by atoms with van der Waals surface area (Å²) in [7, 11) is 0. The van der Waals surface area contributed by atoms with Gasteiger partial charge in [0.25, 0.3) is 0 Å². The molecule has 0 amide bonds. The van der Waals surface area contributed by atoms with Crippen molar-refractivity contribution in [2.75, 3.05) is 0 Å². The highest BCUT2D eigenvalue weighted by molar-refractivity contribution is 5.84. The van der Waals surface area contributed by atoms with E-state index in [9.17, 15) is 9.59 Å². The van der Waals surface area contributed by atoms with Crippen molar-refractivity contribution in [3.8, 4) is 0 Å². The molecular formula is C15H27NO3. The molecule has 1 aliphatic rings. The predicted molar refractivity (Wildman–Crippen MR) is 75.1 cm³/mol. The fourth-order valence-electron chi connectivity index (χ4n) is 2.83. The maximum atomic E-state index is 11.9. The Bertz CT molecular complexity index is 298. The van der Waals surface area contributed by atoms with Gasteiger partial charge in [0.1, 0.15) is 11.8 Å². The molecule has 1 rings (SSSR count). The third-order valence-electron chi connectivity index (χ3n) is 4.15. The van der Waals surface area contributed by atoms with Crippen LogP contribution in [0.4, 0.5) is 0 Å². The van der Waals surface area contributed by atoms with Crippen LogP contribution in [0.2, 0.25) is 0 Å². The lowest BCUT2D eigenvalue weighted by atomic mass is 9.84. The normalized spacial score (nSPS) is 19.9. The lowest BCUT2D eigenvalue weighted by Gasteiger charge is -2.25. The number of carbonyl (C=O) groups is 2. The molecule has 0 bridgehead atoms. The number of rotatable bonds is 8. The van der Waals surface area contributed by atoms with Crippen molar-refractivity contribution in [1.82, 2.24) is 5.32 Å². The van der Waals surface area contributed by atoms with E-state index in [-0.39, 0.29) is 11.8 Å². The monoisotopic (exact) mass is 269 g/mol. The number of carboxylic acids is 1. The third kappa shape index (κ3) is 5.72. The first kappa shape index (κ1) is 16.2. The summed E-state index contributed by atoms with van der Waals surface area (Å²) in [5, 5.41) is 11.9. The van der Waals surface area contributed by atoms with Crippen LogP contribution < -0.4 is 5.32 Å². The minimum atomic E-state index is -0.897. The Morgan fingerprint density at radius 1 is 1.26 bits per heavy atom. The second-order valence-corrected chi connectivity index (χ2v) is 5.68. The molecule has 0 aliphatic heterocycles. The van der Waals surface area contributed by atoms with Gasteiger partial charge in [-0.05, 0) is 25.7 Å². The minimum absolute atomic E-state index is 0.129. The van der Waals surface area contributed by atoms with Crippen molar-refractivity contribution in [3.05, 3.63) is 0 Å². The summed E-state index contributed by atoms with van der Waals surface area (Å²) < 4.78 is 0. The molecule has 0 aromatic carbocycles. The predicted octanol–water partition coefficient (Wildman–Crippen LogP) is 2.76. The summed E-state index contributed by atoms with van der Waals surface area (Å²) in [6.45, 7) is 3.43. The van der Waals surface area contributed by atoms with Crippen molar-refractivity contribution in [3.63, 3.8) is 0 Å². The molecule has 4 heteroatoms. The zero-order valence-corrected chi connectivity index (χ0v) is 12.2. The summed E-state index contributed by atoms with van der Waals surface area (Å²) in [5.74, 6) is -0.0432. The van der Waals surface area contributed by atoms with Gasteiger partial charge in [-0.1, -0.05) is 39.0 Å². The van der Waals surface area contributed by atoms with E-state index >= 15 is 0 Å². The first-order valence-corrected chi connectivity index (χ1v) is 7.56. The average molecular weight is 269 g/mol. The number of hydrogen-bond donors (Lipinski definition) is 2. The van der Waals surface area contributed by atoms with Gasteiger partial charge in [-0.25, -0.2) is 0 Å². The van der Waals surface area contributed by atoms with Crippen molar-refractivity contribution < 1.29 is 14.7 Å². The Morgan fingerprint density at radius 3 is 2.42 bits per heavy atom. The van der Waals surface area contributed by atoms with Gasteiger partial charge >= 0.3 is 5.97 Å². The maximum absolute atomic E-state index is 11.9. The standard InChI is InChI=1S/C15H27NO3/c1-3-14(17)13(16-11(2)15(18)19)10-9-12-7-5-4-6-8-12/h11-13,16H,3-10H2,1-2H3,(H,18,19). The van der Waals surface area contributed by atoms with E-state index in [1.807, 2.05) is 6.92 Å². The Hall–Kier alpha value is -0.900. The molecule has 0 heterocycles. The highest BCUT2D eigenvalue weighted by Gasteiger charge is 2.23. The highest BCUT2D eigenvalue weighted by atomic mass is 16.4. The molecule has 2 N–H and O–H groups in total. The third-order valence-corrected chi connectivity index (χ3v) is 4.15. The Morgan fingerprint density at radius 2 is 1.89 bits per heavy atom. The number of nitrogens with one attached hydrogen (secondary N) is 1. The van der Waals surface area contributed by atoms with Crippen LogP contribution in [0.3, 0.4) is 0 Å². The molecule has 4 nitrogen and oxygen atoms in total. The Balaban J connectivity index is 2.44. The molecule has 1 fully saturated rings. The lowest BCUT2D eigenvalue weighted by molar-refractivity contribution is -0.139. The van der Waals surface area contributed by atoms with Crippen LogP contribution in [0.5, 0.6) is 0 Å². The smallest absolute Gasteiger partial charge is 0.320 e. The second kappa shape index (κ2) is 8.31. The van der Waals surface area contributed by atoms with Crippen LogP contribution >= 0.6 is 0 Å². The number of Topliss-reactive ketones (excluding diaryl/α,β-unsaturated/α-hetero) is 1. The van der Waals surface area contributed by atoms with E-state index in [1.54, 1.807) is 6.92 Å². The van der Waals surface area contributed by atoms with Crippen LogP contribution in [0.1, 0.15) is 65.2 Å². The lowest BCUT2D eigenvalue weighted by Crippen LogP contribution is -2.45. The van der Waals surface area contributed by atoms with E-state index in [0.29, 0.717) is 6.42 Å².